The highest BCUT2D eigenvalue weighted by Gasteiger charge is 2.07. The molecule has 0 aromatic rings. The van der Waals surface area contributed by atoms with Crippen molar-refractivity contribution in [2.45, 2.75) is 96.8 Å². The number of esters is 2. The first-order valence-corrected chi connectivity index (χ1v) is 9.72. The van der Waals surface area contributed by atoms with Crippen LogP contribution in [-0.4, -0.2) is 23.0 Å². The highest BCUT2D eigenvalue weighted by molar-refractivity contribution is 5.95. The highest BCUT2D eigenvalue weighted by Crippen LogP contribution is 2.13. The average molecular weight is 354 g/mol. The summed E-state index contributed by atoms with van der Waals surface area (Å²) in [6.07, 6.45) is 17.5. The first-order valence-electron chi connectivity index (χ1n) is 9.72. The Hall–Kier alpha value is -1.65. The summed E-state index contributed by atoms with van der Waals surface area (Å²) in [7, 11) is 0. The second-order valence-electron chi connectivity index (χ2n) is 6.46. The van der Waals surface area contributed by atoms with E-state index < -0.39 is 17.9 Å². The fourth-order valence-electron chi connectivity index (χ4n) is 2.62. The Morgan fingerprint density at radius 3 is 1.60 bits per heavy atom. The Kier molecular flexibility index (Phi) is 16.0. The number of carbonyl (C=O) groups is 3. The summed E-state index contributed by atoms with van der Waals surface area (Å²) in [5.41, 5.74) is 0. The van der Waals surface area contributed by atoms with E-state index in [1.54, 1.807) is 0 Å². The van der Waals surface area contributed by atoms with E-state index in [1.807, 2.05) is 0 Å². The quantitative estimate of drug-likeness (QED) is 0.179. The lowest BCUT2D eigenvalue weighted by molar-refractivity contribution is -0.156. The van der Waals surface area contributed by atoms with Crippen LogP contribution in [0.1, 0.15) is 96.8 Å². The minimum atomic E-state index is -1.25. The smallest absolute Gasteiger partial charge is 0.338 e. The van der Waals surface area contributed by atoms with Crippen molar-refractivity contribution in [2.24, 2.45) is 0 Å². The Labute approximate surface area is 151 Å². The number of carbonyl (C=O) groups excluding carboxylic acids is 2. The predicted octanol–water partition coefficient (Wildman–Crippen LogP) is 5.18. The standard InChI is InChI=1S/C20H34O5/c1-2-3-4-5-6-7-8-9-10-11-12-13-14-15-19(23)25-20(24)17-16-18(21)22/h16-17H,2-15H2,1H3,(H,21,22). The molecule has 0 unspecified atom stereocenters. The van der Waals surface area contributed by atoms with Crippen LogP contribution in [0.2, 0.25) is 0 Å². The lowest BCUT2D eigenvalue weighted by atomic mass is 10.0. The molecule has 0 atom stereocenters. The molecule has 0 saturated carbocycles. The van der Waals surface area contributed by atoms with Gasteiger partial charge in [0.2, 0.25) is 0 Å². The monoisotopic (exact) mass is 354 g/mol. The highest BCUT2D eigenvalue weighted by atomic mass is 16.6. The van der Waals surface area contributed by atoms with Crippen molar-refractivity contribution in [1.29, 1.82) is 0 Å². The fraction of sp³-hybridized carbons (Fsp3) is 0.750. The number of carboxylic acids is 1. The van der Waals surface area contributed by atoms with Gasteiger partial charge in [-0.2, -0.15) is 0 Å². The van der Waals surface area contributed by atoms with Gasteiger partial charge >= 0.3 is 17.9 Å². The molecule has 0 rings (SSSR count). The maximum Gasteiger partial charge on any atom is 0.338 e. The maximum absolute atomic E-state index is 11.4. The van der Waals surface area contributed by atoms with Crippen molar-refractivity contribution >= 4 is 17.9 Å². The molecule has 0 aliphatic carbocycles. The lowest BCUT2D eigenvalue weighted by Gasteiger charge is -2.03. The van der Waals surface area contributed by atoms with Gasteiger partial charge in [0.1, 0.15) is 0 Å². The second-order valence-corrected chi connectivity index (χ2v) is 6.46. The summed E-state index contributed by atoms with van der Waals surface area (Å²) in [4.78, 5) is 32.7. The van der Waals surface area contributed by atoms with Gasteiger partial charge < -0.3 is 9.84 Å². The van der Waals surface area contributed by atoms with E-state index in [1.165, 1.54) is 64.2 Å². The zero-order chi connectivity index (χ0) is 18.8. The normalized spacial score (nSPS) is 10.9. The molecule has 0 saturated heterocycles. The third-order valence-corrected chi connectivity index (χ3v) is 4.06. The molecule has 0 spiro atoms. The molecule has 0 aliphatic rings. The summed E-state index contributed by atoms with van der Waals surface area (Å²) in [5.74, 6) is -2.77. The predicted molar refractivity (Wildman–Crippen MR) is 98.2 cm³/mol. The van der Waals surface area contributed by atoms with Gasteiger partial charge in [0.15, 0.2) is 0 Å². The molecule has 5 heteroatoms. The third-order valence-electron chi connectivity index (χ3n) is 4.06. The van der Waals surface area contributed by atoms with Gasteiger partial charge in [-0.15, -0.1) is 0 Å². The topological polar surface area (TPSA) is 80.7 Å². The fourth-order valence-corrected chi connectivity index (χ4v) is 2.62. The molecule has 5 nitrogen and oxygen atoms in total. The molecule has 1 N–H and O–H groups in total. The van der Waals surface area contributed by atoms with Gasteiger partial charge in [0, 0.05) is 18.6 Å². The molecule has 0 aromatic carbocycles. The van der Waals surface area contributed by atoms with Gasteiger partial charge in [0.25, 0.3) is 0 Å². The summed E-state index contributed by atoms with van der Waals surface area (Å²) >= 11 is 0. The van der Waals surface area contributed by atoms with Crippen LogP contribution in [0.15, 0.2) is 12.2 Å². The summed E-state index contributed by atoms with van der Waals surface area (Å²) in [6.45, 7) is 2.24. The largest absolute Gasteiger partial charge is 0.478 e. The van der Waals surface area contributed by atoms with E-state index in [-0.39, 0.29) is 6.42 Å². The number of hydrogen-bond donors (Lipinski definition) is 1. The maximum atomic E-state index is 11.4. The molecule has 0 aliphatic heterocycles. The van der Waals surface area contributed by atoms with Crippen molar-refractivity contribution in [3.8, 4) is 0 Å². The van der Waals surface area contributed by atoms with Crippen LogP contribution >= 0.6 is 0 Å². The van der Waals surface area contributed by atoms with Gasteiger partial charge in [-0.25, -0.2) is 9.59 Å². The first kappa shape index (κ1) is 23.4. The number of hydrogen-bond acceptors (Lipinski definition) is 4. The van der Waals surface area contributed by atoms with Crippen molar-refractivity contribution in [3.63, 3.8) is 0 Å². The lowest BCUT2D eigenvalue weighted by Crippen LogP contribution is -2.10. The molecule has 0 radical (unpaired) electrons. The van der Waals surface area contributed by atoms with E-state index in [0.29, 0.717) is 12.5 Å². The zero-order valence-corrected chi connectivity index (χ0v) is 15.6. The summed E-state index contributed by atoms with van der Waals surface area (Å²) in [5, 5.41) is 8.35. The zero-order valence-electron chi connectivity index (χ0n) is 15.6. The Balaban J connectivity index is 3.34. The molecule has 0 fully saturated rings. The minimum Gasteiger partial charge on any atom is -0.478 e. The Morgan fingerprint density at radius 2 is 1.16 bits per heavy atom. The number of ether oxygens (including phenoxy) is 1. The van der Waals surface area contributed by atoms with Crippen LogP contribution in [0.25, 0.3) is 0 Å². The SMILES string of the molecule is CCCCCCCCCCCCCCCC(=O)OC(=O)C=CC(=O)O. The number of carboxylic acid groups (broad SMARTS) is 1. The Morgan fingerprint density at radius 1 is 0.720 bits per heavy atom. The Bertz CT molecular complexity index is 401. The van der Waals surface area contributed by atoms with E-state index in [0.717, 1.165) is 18.9 Å². The van der Waals surface area contributed by atoms with Crippen molar-refractivity contribution in [1.82, 2.24) is 0 Å². The van der Waals surface area contributed by atoms with Crippen molar-refractivity contribution in [3.05, 3.63) is 12.2 Å². The first-order chi connectivity index (χ1) is 12.1. The van der Waals surface area contributed by atoms with E-state index in [9.17, 15) is 14.4 Å². The van der Waals surface area contributed by atoms with E-state index in [2.05, 4.69) is 11.7 Å². The summed E-state index contributed by atoms with van der Waals surface area (Å²) < 4.78 is 4.48. The van der Waals surface area contributed by atoms with Crippen LogP contribution in [0.3, 0.4) is 0 Å². The molecule has 144 valence electrons. The van der Waals surface area contributed by atoms with Gasteiger partial charge in [-0.3, -0.25) is 4.79 Å². The van der Waals surface area contributed by atoms with Crippen LogP contribution < -0.4 is 0 Å². The van der Waals surface area contributed by atoms with Gasteiger partial charge in [-0.05, 0) is 6.42 Å². The molecule has 0 aromatic heterocycles. The molecular formula is C20H34O5. The number of rotatable bonds is 16. The molecular weight excluding hydrogens is 320 g/mol. The second kappa shape index (κ2) is 17.2. The number of unbranched alkanes of at least 4 members (excludes halogenated alkanes) is 12. The van der Waals surface area contributed by atoms with Gasteiger partial charge in [0.05, 0.1) is 0 Å². The molecule has 0 bridgehead atoms. The van der Waals surface area contributed by atoms with E-state index >= 15 is 0 Å². The van der Waals surface area contributed by atoms with Crippen LogP contribution in [0, 0.1) is 0 Å². The van der Waals surface area contributed by atoms with Crippen molar-refractivity contribution < 1.29 is 24.2 Å². The summed E-state index contributed by atoms with van der Waals surface area (Å²) in [6, 6.07) is 0. The molecule has 0 amide bonds. The van der Waals surface area contributed by atoms with Gasteiger partial charge in [-0.1, -0.05) is 84.0 Å². The molecule has 0 heterocycles. The third kappa shape index (κ3) is 18.5. The van der Waals surface area contributed by atoms with Crippen LogP contribution in [0.5, 0.6) is 0 Å². The minimum absolute atomic E-state index is 0.199. The van der Waals surface area contributed by atoms with Crippen LogP contribution in [-0.2, 0) is 19.1 Å². The average Bonchev–Trinajstić information content (AvgIpc) is 2.57. The van der Waals surface area contributed by atoms with Crippen molar-refractivity contribution in [2.75, 3.05) is 0 Å². The van der Waals surface area contributed by atoms with E-state index in [4.69, 9.17) is 5.11 Å². The number of aliphatic carboxylic acids is 1. The molecule has 25 heavy (non-hydrogen) atoms. The van der Waals surface area contributed by atoms with Crippen LogP contribution in [0.4, 0.5) is 0 Å².